The van der Waals surface area contributed by atoms with Crippen molar-refractivity contribution in [3.63, 3.8) is 0 Å². The second-order valence-corrected chi connectivity index (χ2v) is 15.5. The van der Waals surface area contributed by atoms with Gasteiger partial charge in [0.15, 0.2) is 73.4 Å². The lowest BCUT2D eigenvalue weighted by atomic mass is 9.12. The highest BCUT2D eigenvalue weighted by Gasteiger charge is 2.52. The summed E-state index contributed by atoms with van der Waals surface area (Å²) < 4.78 is 295. The number of halogens is 21. The summed E-state index contributed by atoms with van der Waals surface area (Å²) in [5.74, 6) is -69.5. The quantitative estimate of drug-likeness (QED) is 0.0527. The van der Waals surface area contributed by atoms with Crippen molar-refractivity contribution < 1.29 is 110 Å². The van der Waals surface area contributed by atoms with Crippen molar-refractivity contribution >= 4 is 28.0 Å². The van der Waals surface area contributed by atoms with Crippen molar-refractivity contribution in [2.45, 2.75) is 59.3 Å². The van der Waals surface area contributed by atoms with Crippen molar-refractivity contribution in [3.8, 4) is 0 Å². The molecule has 0 N–H and O–H groups in total. The smallest absolute Gasteiger partial charge is 0.207 e. The minimum absolute atomic E-state index is 0.622. The van der Waals surface area contributed by atoms with Crippen LogP contribution in [0.25, 0.3) is 0 Å². The van der Waals surface area contributed by atoms with Gasteiger partial charge in [0.1, 0.15) is 52.7 Å². The highest BCUT2D eigenvalue weighted by Crippen LogP contribution is 2.34. The molecule has 5 aromatic rings. The Hall–Kier alpha value is -4.51. The average Bonchev–Trinajstić information content (AvgIpc) is 3.20. The van der Waals surface area contributed by atoms with Crippen LogP contribution in [-0.2, 0) is 0 Å². The molecule has 61 heavy (non-hydrogen) atoms. The Morgan fingerprint density at radius 2 is 0.492 bits per heavy atom. The van der Waals surface area contributed by atoms with E-state index in [1.807, 2.05) is 0 Å². The normalized spacial score (nSPS) is 12.0. The van der Waals surface area contributed by atoms with Gasteiger partial charge in [0.2, 0.25) is 0 Å². The number of benzene rings is 5. The topological polar surface area (TPSA) is 0 Å². The Bertz CT molecular complexity index is 2210. The van der Waals surface area contributed by atoms with Gasteiger partial charge < -0.3 is 0 Å². The van der Waals surface area contributed by atoms with E-state index in [2.05, 4.69) is 76.3 Å². The molecule has 330 valence electrons. The molecule has 0 aromatic heterocycles. The maximum absolute atomic E-state index is 15.4. The fourth-order valence-corrected chi connectivity index (χ4v) is 8.43. The standard InChI is InChI=1S/C24BF20.C15H24I/c26-5-1(6(27)14(35)21(42)13(5)34)25(2-7(28)15(36)22(43)16(37)8(2)29,3-9(30)17(38)23(44)18(39)10(3)31)4-11(32)19(40)24(45)20(41)12(4)33;1-9(2)12-7-8-13(16)15(11(5)6)14(12)10(3)4/h;7-11,16H,1-6H3/q-1;+1. The first-order valence-electron chi connectivity index (χ1n) is 17.1. The monoisotopic (exact) mass is 1010 g/mol. The predicted octanol–water partition coefficient (Wildman–Crippen LogP) is 7.36. The van der Waals surface area contributed by atoms with Crippen LogP contribution < -0.4 is 44.4 Å². The van der Waals surface area contributed by atoms with Crippen molar-refractivity contribution in [3.05, 3.63) is 149 Å². The summed E-state index contributed by atoms with van der Waals surface area (Å²) in [4.78, 5) is 0. The summed E-state index contributed by atoms with van der Waals surface area (Å²) in [5.41, 5.74) is -9.63. The molecule has 0 unspecified atom stereocenters. The van der Waals surface area contributed by atoms with Crippen LogP contribution in [0.3, 0.4) is 0 Å². The maximum atomic E-state index is 15.4. The van der Waals surface area contributed by atoms with Gasteiger partial charge in [-0.15, -0.1) is 21.9 Å². The minimum atomic E-state index is -7.22. The Balaban J connectivity index is 0.000000430. The lowest BCUT2D eigenvalue weighted by Gasteiger charge is -2.44. The lowest BCUT2D eigenvalue weighted by Crippen LogP contribution is -3.34. The zero-order valence-corrected chi connectivity index (χ0v) is 33.8. The molecule has 0 amide bonds. The van der Waals surface area contributed by atoms with Gasteiger partial charge in [0, 0.05) is 5.56 Å². The van der Waals surface area contributed by atoms with Gasteiger partial charge in [-0.1, -0.05) is 47.6 Å². The molecule has 5 rings (SSSR count). The van der Waals surface area contributed by atoms with Crippen LogP contribution in [0.4, 0.5) is 87.8 Å². The molecule has 22 heteroatoms. The van der Waals surface area contributed by atoms with Gasteiger partial charge in [0.25, 0.3) is 22.6 Å². The fraction of sp³-hybridized carbons (Fsp3) is 0.231. The fourth-order valence-electron chi connectivity index (χ4n) is 7.25. The molecule has 0 nitrogen and oxygen atoms in total. The van der Waals surface area contributed by atoms with Gasteiger partial charge in [-0.3, -0.25) is 0 Å². The van der Waals surface area contributed by atoms with E-state index in [9.17, 15) is 52.7 Å². The van der Waals surface area contributed by atoms with Crippen molar-refractivity contribution in [1.29, 1.82) is 0 Å². The molecule has 0 fully saturated rings. The molecule has 0 saturated carbocycles. The van der Waals surface area contributed by atoms with E-state index in [0.717, 1.165) is 0 Å². The number of hydrogen-bond donors (Lipinski definition) is 0. The van der Waals surface area contributed by atoms with E-state index in [1.165, 1.54) is 9.13 Å². The van der Waals surface area contributed by atoms with Crippen LogP contribution in [-0.4, -0.2) is 6.15 Å². The van der Waals surface area contributed by atoms with Gasteiger partial charge in [0.05, 0.1) is 0 Å². The largest absolute Gasteiger partial charge is 0.297 e. The third-order valence-corrected chi connectivity index (χ3v) is 10.8. The summed E-state index contributed by atoms with van der Waals surface area (Å²) in [6.45, 7) is 13.8. The molecule has 0 saturated heterocycles. The van der Waals surface area contributed by atoms with Gasteiger partial charge >= 0.3 is 0 Å². The maximum Gasteiger partial charge on any atom is 0.297 e. The molecular formula is C39H24BF20I. The molecule has 0 aliphatic carbocycles. The highest BCUT2D eigenvalue weighted by atomic mass is 127. The molecule has 0 bridgehead atoms. The van der Waals surface area contributed by atoms with Crippen LogP contribution in [0, 0.1) is 120 Å². The first kappa shape index (κ1) is 49.2. The molecule has 0 aliphatic rings. The van der Waals surface area contributed by atoms with Gasteiger partial charge in [-0.25, -0.2) is 87.8 Å². The van der Waals surface area contributed by atoms with Crippen LogP contribution >= 0.6 is 0 Å². The zero-order chi connectivity index (χ0) is 46.8. The Morgan fingerprint density at radius 3 is 0.672 bits per heavy atom. The van der Waals surface area contributed by atoms with Crippen LogP contribution in [0.1, 0.15) is 76.0 Å². The van der Waals surface area contributed by atoms with Crippen LogP contribution in [0.15, 0.2) is 12.1 Å². The zero-order valence-electron chi connectivity index (χ0n) is 31.4. The molecule has 0 heterocycles. The van der Waals surface area contributed by atoms with Crippen molar-refractivity contribution in [2.75, 3.05) is 0 Å². The van der Waals surface area contributed by atoms with Gasteiger partial charge in [-0.2, -0.15) is 0 Å². The molecule has 0 atom stereocenters. The van der Waals surface area contributed by atoms with E-state index in [0.29, 0.717) is 17.8 Å². The van der Waals surface area contributed by atoms with Crippen LogP contribution in [0.2, 0.25) is 0 Å². The minimum Gasteiger partial charge on any atom is -0.207 e. The summed E-state index contributed by atoms with van der Waals surface area (Å²) >= 11 is 2.16. The predicted molar refractivity (Wildman–Crippen MR) is 178 cm³/mol. The summed E-state index contributed by atoms with van der Waals surface area (Å²) in [6.07, 6.45) is -7.22. The summed E-state index contributed by atoms with van der Waals surface area (Å²) in [7, 11) is 0. The second-order valence-electron chi connectivity index (χ2n) is 14.2. The summed E-state index contributed by atoms with van der Waals surface area (Å²) in [5, 5.41) is 0. The molecule has 0 radical (unpaired) electrons. The molecule has 0 aliphatic heterocycles. The SMILES string of the molecule is CC(C)c1ccc([IH+])c(C(C)C)c1C(C)C.Fc1c(F)c(F)c([B-](c2c(F)c(F)c(F)c(F)c2F)(c2c(F)c(F)c(F)c(F)c2F)c2c(F)c(F)c(F)c(F)c2F)c(F)c1F. The van der Waals surface area contributed by atoms with E-state index in [-0.39, 0.29) is 0 Å². The summed E-state index contributed by atoms with van der Waals surface area (Å²) in [6, 6.07) is 4.62. The molecular weight excluding hydrogens is 986 g/mol. The number of rotatable bonds is 7. The van der Waals surface area contributed by atoms with E-state index in [4.69, 9.17) is 0 Å². The molecule has 0 spiro atoms. The van der Waals surface area contributed by atoms with Crippen LogP contribution in [0.5, 0.6) is 0 Å². The first-order valence-corrected chi connectivity index (χ1v) is 18.3. The average molecular weight is 1010 g/mol. The number of hydrogen-bond acceptors (Lipinski definition) is 0. The Labute approximate surface area is 345 Å². The van der Waals surface area contributed by atoms with Crippen molar-refractivity contribution in [2.24, 2.45) is 0 Å². The highest BCUT2D eigenvalue weighted by molar-refractivity contribution is 7.20. The first-order chi connectivity index (χ1) is 28.1. The van der Waals surface area contributed by atoms with E-state index < -0.39 is 144 Å². The van der Waals surface area contributed by atoms with E-state index in [1.54, 1.807) is 11.1 Å². The third-order valence-electron chi connectivity index (χ3n) is 9.76. The Kier molecular flexibility index (Phi) is 14.3. The van der Waals surface area contributed by atoms with E-state index >= 15 is 35.1 Å². The Morgan fingerprint density at radius 1 is 0.295 bits per heavy atom. The third kappa shape index (κ3) is 7.61. The lowest BCUT2D eigenvalue weighted by molar-refractivity contribution is -0.330. The second kappa shape index (κ2) is 17.7. The molecule has 5 aromatic carbocycles. The van der Waals surface area contributed by atoms with Crippen molar-refractivity contribution in [1.82, 2.24) is 0 Å². The van der Waals surface area contributed by atoms with Gasteiger partial charge in [-0.05, 0) is 34.9 Å².